The van der Waals surface area contributed by atoms with Crippen LogP contribution in [0.5, 0.6) is 0 Å². The highest BCUT2D eigenvalue weighted by Crippen LogP contribution is 2.23. The Morgan fingerprint density at radius 3 is 2.50 bits per heavy atom. The maximum Gasteiger partial charge on any atom is 0.255 e. The molecule has 0 radical (unpaired) electrons. The molecule has 0 aliphatic carbocycles. The molecule has 1 atom stereocenters. The van der Waals surface area contributed by atoms with Gasteiger partial charge in [0.25, 0.3) is 5.91 Å². The number of carbonyl (C=O) groups excluding carboxylic acids is 1. The second-order valence-corrected chi connectivity index (χ2v) is 5.82. The second kappa shape index (κ2) is 6.55. The van der Waals surface area contributed by atoms with E-state index in [9.17, 15) is 9.90 Å². The molecule has 1 rings (SSSR count). The van der Waals surface area contributed by atoms with Gasteiger partial charge in [-0.1, -0.05) is 11.6 Å². The number of carbonyl (C=O) groups is 1. The van der Waals surface area contributed by atoms with Crippen LogP contribution >= 0.6 is 27.5 Å². The van der Waals surface area contributed by atoms with E-state index in [0.717, 1.165) is 0 Å². The summed E-state index contributed by atoms with van der Waals surface area (Å²) >= 11 is 9.19. The lowest BCUT2D eigenvalue weighted by Crippen LogP contribution is -2.41. The van der Waals surface area contributed by atoms with Gasteiger partial charge in [0.05, 0.1) is 11.7 Å². The van der Waals surface area contributed by atoms with E-state index in [0.29, 0.717) is 21.6 Å². The van der Waals surface area contributed by atoms with Gasteiger partial charge < -0.3 is 10.0 Å². The van der Waals surface area contributed by atoms with Crippen molar-refractivity contribution in [3.05, 3.63) is 33.3 Å². The first-order valence-corrected chi connectivity index (χ1v) is 6.94. The van der Waals surface area contributed by atoms with Crippen LogP contribution in [0.25, 0.3) is 0 Å². The van der Waals surface area contributed by atoms with Crippen LogP contribution in [-0.4, -0.2) is 34.6 Å². The first kappa shape index (κ1) is 15.5. The summed E-state index contributed by atoms with van der Waals surface area (Å²) in [6.45, 7) is 5.82. The SMILES string of the molecule is CC(O)CN(C(=O)c1ccc(Cl)cc1Br)C(C)C. The molecule has 0 aromatic heterocycles. The maximum absolute atomic E-state index is 12.4. The molecule has 0 heterocycles. The van der Waals surface area contributed by atoms with Gasteiger partial charge in [-0.05, 0) is 54.9 Å². The molecule has 0 bridgehead atoms. The van der Waals surface area contributed by atoms with Crippen LogP contribution in [0.1, 0.15) is 31.1 Å². The molecule has 1 aromatic rings. The highest BCUT2D eigenvalue weighted by molar-refractivity contribution is 9.10. The van der Waals surface area contributed by atoms with E-state index in [1.54, 1.807) is 30.0 Å². The van der Waals surface area contributed by atoms with Crippen molar-refractivity contribution in [2.45, 2.75) is 32.9 Å². The molecular weight excluding hydrogens is 318 g/mol. The Balaban J connectivity index is 3.02. The fourth-order valence-electron chi connectivity index (χ4n) is 1.63. The average Bonchev–Trinajstić information content (AvgIpc) is 2.24. The molecule has 100 valence electrons. The van der Waals surface area contributed by atoms with E-state index in [-0.39, 0.29) is 11.9 Å². The molecule has 0 fully saturated rings. The monoisotopic (exact) mass is 333 g/mol. The molecule has 0 aliphatic rings. The van der Waals surface area contributed by atoms with Crippen LogP contribution < -0.4 is 0 Å². The minimum atomic E-state index is -0.553. The van der Waals surface area contributed by atoms with E-state index in [2.05, 4.69) is 15.9 Å². The molecule has 0 saturated carbocycles. The smallest absolute Gasteiger partial charge is 0.255 e. The largest absolute Gasteiger partial charge is 0.392 e. The van der Waals surface area contributed by atoms with Crippen molar-refractivity contribution >= 4 is 33.4 Å². The summed E-state index contributed by atoms with van der Waals surface area (Å²) in [5.41, 5.74) is 0.550. The number of aliphatic hydroxyl groups is 1. The molecule has 0 aliphatic heterocycles. The molecule has 18 heavy (non-hydrogen) atoms. The van der Waals surface area contributed by atoms with E-state index in [1.807, 2.05) is 13.8 Å². The van der Waals surface area contributed by atoms with Crippen LogP contribution in [0.2, 0.25) is 5.02 Å². The van der Waals surface area contributed by atoms with Gasteiger partial charge in [-0.3, -0.25) is 4.79 Å². The van der Waals surface area contributed by atoms with Crippen LogP contribution in [0.4, 0.5) is 0 Å². The summed E-state index contributed by atoms with van der Waals surface area (Å²) in [7, 11) is 0. The maximum atomic E-state index is 12.4. The Hall–Kier alpha value is -0.580. The lowest BCUT2D eigenvalue weighted by molar-refractivity contribution is 0.0578. The highest BCUT2D eigenvalue weighted by atomic mass is 79.9. The van der Waals surface area contributed by atoms with E-state index in [4.69, 9.17) is 11.6 Å². The summed E-state index contributed by atoms with van der Waals surface area (Å²) in [6.07, 6.45) is -0.553. The van der Waals surface area contributed by atoms with E-state index < -0.39 is 6.10 Å². The summed E-state index contributed by atoms with van der Waals surface area (Å²) in [5.74, 6) is -0.116. The standard InChI is InChI=1S/C13H17BrClNO2/c1-8(2)16(7-9(3)17)13(18)11-5-4-10(15)6-12(11)14/h4-6,8-9,17H,7H2,1-3H3. The van der Waals surface area contributed by atoms with Crippen LogP contribution in [0.3, 0.4) is 0 Å². The number of halogens is 2. The van der Waals surface area contributed by atoms with Gasteiger partial charge in [-0.25, -0.2) is 0 Å². The predicted molar refractivity (Wildman–Crippen MR) is 77.0 cm³/mol. The Bertz CT molecular complexity index is 435. The van der Waals surface area contributed by atoms with Gasteiger partial charge in [0.15, 0.2) is 0 Å². The van der Waals surface area contributed by atoms with Gasteiger partial charge in [-0.15, -0.1) is 0 Å². The van der Waals surface area contributed by atoms with Crippen molar-refractivity contribution in [1.29, 1.82) is 0 Å². The number of amides is 1. The fraction of sp³-hybridized carbons (Fsp3) is 0.462. The number of hydrogen-bond acceptors (Lipinski definition) is 2. The minimum absolute atomic E-state index is 0.0229. The van der Waals surface area contributed by atoms with Gasteiger partial charge in [0.1, 0.15) is 0 Å². The second-order valence-electron chi connectivity index (χ2n) is 4.52. The normalized spacial score (nSPS) is 12.6. The molecule has 1 amide bonds. The minimum Gasteiger partial charge on any atom is -0.392 e. The van der Waals surface area contributed by atoms with Crippen molar-refractivity contribution in [3.8, 4) is 0 Å². The van der Waals surface area contributed by atoms with Gasteiger partial charge in [-0.2, -0.15) is 0 Å². The predicted octanol–water partition coefficient (Wildman–Crippen LogP) is 3.33. The summed E-state index contributed by atoms with van der Waals surface area (Å²) < 4.78 is 0.663. The first-order valence-electron chi connectivity index (χ1n) is 5.77. The third-order valence-electron chi connectivity index (χ3n) is 2.51. The molecule has 1 N–H and O–H groups in total. The zero-order chi connectivity index (χ0) is 13.9. The van der Waals surface area contributed by atoms with E-state index >= 15 is 0 Å². The molecular formula is C13H17BrClNO2. The molecule has 0 spiro atoms. The number of rotatable bonds is 4. The number of benzene rings is 1. The van der Waals surface area contributed by atoms with Crippen molar-refractivity contribution in [1.82, 2.24) is 4.90 Å². The van der Waals surface area contributed by atoms with Gasteiger partial charge in [0, 0.05) is 22.1 Å². The molecule has 0 saturated heterocycles. The van der Waals surface area contributed by atoms with Gasteiger partial charge in [0.2, 0.25) is 0 Å². The summed E-state index contributed by atoms with van der Waals surface area (Å²) in [4.78, 5) is 14.0. The van der Waals surface area contributed by atoms with Crippen LogP contribution in [-0.2, 0) is 0 Å². The lowest BCUT2D eigenvalue weighted by atomic mass is 10.1. The van der Waals surface area contributed by atoms with Gasteiger partial charge >= 0.3 is 0 Å². The highest BCUT2D eigenvalue weighted by Gasteiger charge is 2.22. The molecule has 1 unspecified atom stereocenters. The van der Waals surface area contributed by atoms with Crippen molar-refractivity contribution in [2.75, 3.05) is 6.54 Å². The molecule has 3 nitrogen and oxygen atoms in total. The molecule has 1 aromatic carbocycles. The summed E-state index contributed by atoms with van der Waals surface area (Å²) in [6, 6.07) is 5.08. The Kier molecular flexibility index (Phi) is 5.63. The lowest BCUT2D eigenvalue weighted by Gasteiger charge is -2.28. The van der Waals surface area contributed by atoms with Crippen molar-refractivity contribution < 1.29 is 9.90 Å². The van der Waals surface area contributed by atoms with Crippen molar-refractivity contribution in [2.24, 2.45) is 0 Å². The zero-order valence-electron chi connectivity index (χ0n) is 10.7. The number of hydrogen-bond donors (Lipinski definition) is 1. The number of aliphatic hydroxyl groups excluding tert-OH is 1. The summed E-state index contributed by atoms with van der Waals surface area (Å²) in [5, 5.41) is 10.0. The quantitative estimate of drug-likeness (QED) is 0.917. The Labute approximate surface area is 121 Å². The third-order valence-corrected chi connectivity index (χ3v) is 3.40. The van der Waals surface area contributed by atoms with E-state index in [1.165, 1.54) is 0 Å². The average molecular weight is 335 g/mol. The molecule has 5 heteroatoms. The fourth-order valence-corrected chi connectivity index (χ4v) is 2.48. The van der Waals surface area contributed by atoms with Crippen LogP contribution in [0.15, 0.2) is 22.7 Å². The number of nitrogens with zero attached hydrogens (tertiary/aromatic N) is 1. The Morgan fingerprint density at radius 1 is 1.44 bits per heavy atom. The first-order chi connectivity index (χ1) is 8.32. The third kappa shape index (κ3) is 3.97. The van der Waals surface area contributed by atoms with Crippen LogP contribution in [0, 0.1) is 0 Å². The topological polar surface area (TPSA) is 40.5 Å². The van der Waals surface area contributed by atoms with Crippen molar-refractivity contribution in [3.63, 3.8) is 0 Å². The Morgan fingerprint density at radius 2 is 2.06 bits per heavy atom. The zero-order valence-corrected chi connectivity index (χ0v) is 13.0.